The predicted molar refractivity (Wildman–Crippen MR) is 76.4 cm³/mol. The van der Waals surface area contributed by atoms with Crippen molar-refractivity contribution in [2.75, 3.05) is 13.2 Å². The van der Waals surface area contributed by atoms with Gasteiger partial charge in [0.05, 0.1) is 6.54 Å². The molecule has 118 valence electrons. The van der Waals surface area contributed by atoms with Crippen LogP contribution in [0.3, 0.4) is 0 Å². The molecule has 0 unspecified atom stereocenters. The molecule has 0 heterocycles. The van der Waals surface area contributed by atoms with Gasteiger partial charge in [-0.05, 0) is 37.8 Å². The molecule has 1 N–H and O–H groups in total. The Bertz CT molecular complexity index is 574. The minimum atomic E-state index is -0.778. The van der Waals surface area contributed by atoms with Crippen LogP contribution in [0.5, 0.6) is 5.75 Å². The number of carbonyl (C=O) groups is 1. The van der Waals surface area contributed by atoms with Crippen LogP contribution in [0.15, 0.2) is 18.2 Å². The van der Waals surface area contributed by atoms with Crippen molar-refractivity contribution in [2.45, 2.75) is 31.8 Å². The maximum atomic E-state index is 13.2. The molecule has 1 amide bonds. The van der Waals surface area contributed by atoms with Crippen molar-refractivity contribution in [2.24, 2.45) is 0 Å². The van der Waals surface area contributed by atoms with Crippen LogP contribution in [0.4, 0.5) is 13.6 Å². The van der Waals surface area contributed by atoms with Crippen LogP contribution >= 0.6 is 0 Å². The molecule has 0 atom stereocenters. The summed E-state index contributed by atoms with van der Waals surface area (Å²) in [4.78, 5) is 11.4. The number of carbonyl (C=O) groups excluding carboxylic acids is 1. The third-order valence-electron chi connectivity index (χ3n) is 3.22. The molecule has 2 rings (SSSR count). The molecule has 4 nitrogen and oxygen atoms in total. The Hall–Kier alpha value is -2.29. The summed E-state index contributed by atoms with van der Waals surface area (Å²) in [5, 5.41) is 2.51. The second kappa shape index (κ2) is 8.23. The molecule has 0 radical (unpaired) electrons. The number of ether oxygens (including phenoxy) is 2. The molecule has 1 saturated carbocycles. The van der Waals surface area contributed by atoms with Gasteiger partial charge in [0.15, 0.2) is 11.6 Å². The second-order valence-electron chi connectivity index (χ2n) is 4.88. The summed E-state index contributed by atoms with van der Waals surface area (Å²) < 4.78 is 36.1. The summed E-state index contributed by atoms with van der Waals surface area (Å²) in [6, 6.07) is 3.04. The average Bonchev–Trinajstić information content (AvgIpc) is 2.97. The van der Waals surface area contributed by atoms with Crippen molar-refractivity contribution >= 4 is 6.09 Å². The molecule has 0 spiro atoms. The summed E-state index contributed by atoms with van der Waals surface area (Å²) in [6.45, 7) is 0.0721. The van der Waals surface area contributed by atoms with Gasteiger partial charge < -0.3 is 14.8 Å². The number of halogens is 2. The molecule has 0 aromatic heterocycles. The number of hydrogen-bond acceptors (Lipinski definition) is 3. The monoisotopic (exact) mass is 309 g/mol. The van der Waals surface area contributed by atoms with Crippen LogP contribution in [0.2, 0.25) is 0 Å². The highest BCUT2D eigenvalue weighted by molar-refractivity contribution is 5.67. The third-order valence-corrected chi connectivity index (χ3v) is 3.22. The number of rotatable bonds is 4. The third kappa shape index (κ3) is 5.24. The van der Waals surface area contributed by atoms with Crippen LogP contribution in [0, 0.1) is 23.5 Å². The number of amides is 1. The SMILES string of the molecule is O=C(NCC#CCOc1ccc(F)cc1F)OC1CCCC1. The first-order chi connectivity index (χ1) is 10.6. The average molecular weight is 309 g/mol. The number of nitrogens with one attached hydrogen (secondary N) is 1. The summed E-state index contributed by atoms with van der Waals surface area (Å²) in [7, 11) is 0. The van der Waals surface area contributed by atoms with Gasteiger partial charge in [0.1, 0.15) is 18.5 Å². The molecular formula is C16H17F2NO3. The van der Waals surface area contributed by atoms with Crippen LogP contribution in [0.1, 0.15) is 25.7 Å². The van der Waals surface area contributed by atoms with Gasteiger partial charge in [-0.15, -0.1) is 0 Å². The van der Waals surface area contributed by atoms with E-state index < -0.39 is 17.7 Å². The van der Waals surface area contributed by atoms with E-state index in [0.29, 0.717) is 0 Å². The van der Waals surface area contributed by atoms with E-state index in [1.165, 1.54) is 6.07 Å². The normalized spacial score (nSPS) is 14.1. The topological polar surface area (TPSA) is 47.6 Å². The van der Waals surface area contributed by atoms with Crippen molar-refractivity contribution in [3.63, 3.8) is 0 Å². The van der Waals surface area contributed by atoms with Crippen molar-refractivity contribution in [1.29, 1.82) is 0 Å². The predicted octanol–water partition coefficient (Wildman–Crippen LogP) is 3.02. The van der Waals surface area contributed by atoms with Gasteiger partial charge in [0.25, 0.3) is 0 Å². The van der Waals surface area contributed by atoms with Crippen LogP contribution in [-0.4, -0.2) is 25.3 Å². The molecule has 0 saturated heterocycles. The summed E-state index contributed by atoms with van der Waals surface area (Å²) >= 11 is 0. The lowest BCUT2D eigenvalue weighted by molar-refractivity contribution is 0.102. The number of hydrogen-bond donors (Lipinski definition) is 1. The lowest BCUT2D eigenvalue weighted by Gasteiger charge is -2.10. The van der Waals surface area contributed by atoms with E-state index in [9.17, 15) is 13.6 Å². The Kier molecular flexibility index (Phi) is 6.01. The zero-order valence-electron chi connectivity index (χ0n) is 12.0. The van der Waals surface area contributed by atoms with E-state index in [0.717, 1.165) is 37.8 Å². The highest BCUT2D eigenvalue weighted by Gasteiger charge is 2.18. The maximum absolute atomic E-state index is 13.2. The van der Waals surface area contributed by atoms with Crippen molar-refractivity contribution < 1.29 is 23.0 Å². The number of alkyl carbamates (subject to hydrolysis) is 1. The van der Waals surface area contributed by atoms with Crippen molar-refractivity contribution in [3.05, 3.63) is 29.8 Å². The summed E-state index contributed by atoms with van der Waals surface area (Å²) in [6.07, 6.45) is 3.54. The molecule has 6 heteroatoms. The highest BCUT2D eigenvalue weighted by atomic mass is 19.1. The Labute approximate surface area is 127 Å². The minimum Gasteiger partial charge on any atom is -0.478 e. The molecule has 1 aromatic carbocycles. The van der Waals surface area contributed by atoms with Crippen LogP contribution < -0.4 is 10.1 Å². The quantitative estimate of drug-likeness (QED) is 0.870. The van der Waals surface area contributed by atoms with Gasteiger partial charge in [-0.1, -0.05) is 11.8 Å². The summed E-state index contributed by atoms with van der Waals surface area (Å²) in [5.74, 6) is 3.77. The van der Waals surface area contributed by atoms with E-state index in [-0.39, 0.29) is 25.0 Å². The fraction of sp³-hybridized carbons (Fsp3) is 0.438. The minimum absolute atomic E-state index is 0.0118. The Morgan fingerprint density at radius 3 is 2.77 bits per heavy atom. The van der Waals surface area contributed by atoms with Gasteiger partial charge in [0, 0.05) is 6.07 Å². The molecule has 22 heavy (non-hydrogen) atoms. The Balaban J connectivity index is 1.63. The fourth-order valence-corrected chi connectivity index (χ4v) is 2.14. The molecule has 1 aromatic rings. The van der Waals surface area contributed by atoms with Crippen molar-refractivity contribution in [1.82, 2.24) is 5.32 Å². The van der Waals surface area contributed by atoms with Gasteiger partial charge in [-0.25, -0.2) is 13.6 Å². The van der Waals surface area contributed by atoms with Crippen LogP contribution in [-0.2, 0) is 4.74 Å². The van der Waals surface area contributed by atoms with E-state index in [4.69, 9.17) is 9.47 Å². The second-order valence-corrected chi connectivity index (χ2v) is 4.88. The molecule has 1 aliphatic rings. The molecule has 0 bridgehead atoms. The Morgan fingerprint density at radius 1 is 1.27 bits per heavy atom. The van der Waals surface area contributed by atoms with E-state index in [1.807, 2.05) is 0 Å². The Morgan fingerprint density at radius 2 is 2.05 bits per heavy atom. The van der Waals surface area contributed by atoms with Crippen LogP contribution in [0.25, 0.3) is 0 Å². The lowest BCUT2D eigenvalue weighted by Crippen LogP contribution is -2.28. The van der Waals surface area contributed by atoms with E-state index >= 15 is 0 Å². The standard InChI is InChI=1S/C16H17F2NO3/c17-12-7-8-15(14(18)11-12)21-10-4-3-9-19-16(20)22-13-5-1-2-6-13/h7-8,11,13H,1-2,5-6,9-10H2,(H,19,20). The first kappa shape index (κ1) is 16.1. The smallest absolute Gasteiger partial charge is 0.408 e. The van der Waals surface area contributed by atoms with Gasteiger partial charge in [0.2, 0.25) is 0 Å². The summed E-state index contributed by atoms with van der Waals surface area (Å²) in [5.41, 5.74) is 0. The maximum Gasteiger partial charge on any atom is 0.408 e. The van der Waals surface area contributed by atoms with E-state index in [1.54, 1.807) is 0 Å². The lowest BCUT2D eigenvalue weighted by atomic mass is 10.3. The fourth-order valence-electron chi connectivity index (χ4n) is 2.14. The highest BCUT2D eigenvalue weighted by Crippen LogP contribution is 2.20. The van der Waals surface area contributed by atoms with Gasteiger partial charge in [-0.2, -0.15) is 0 Å². The first-order valence-electron chi connectivity index (χ1n) is 7.13. The molecule has 0 aliphatic heterocycles. The first-order valence-corrected chi connectivity index (χ1v) is 7.13. The molecule has 1 fully saturated rings. The number of benzene rings is 1. The van der Waals surface area contributed by atoms with E-state index in [2.05, 4.69) is 17.2 Å². The molecular weight excluding hydrogens is 292 g/mol. The van der Waals surface area contributed by atoms with Crippen molar-refractivity contribution in [3.8, 4) is 17.6 Å². The zero-order valence-corrected chi connectivity index (χ0v) is 12.0. The zero-order chi connectivity index (χ0) is 15.8. The largest absolute Gasteiger partial charge is 0.478 e. The van der Waals surface area contributed by atoms with Gasteiger partial charge >= 0.3 is 6.09 Å². The molecule has 1 aliphatic carbocycles. The van der Waals surface area contributed by atoms with Gasteiger partial charge in [-0.3, -0.25) is 0 Å².